The highest BCUT2D eigenvalue weighted by Gasteiger charge is 2.19. The Balaban J connectivity index is 2.28. The molecule has 2 rings (SSSR count). The Hall–Kier alpha value is -0.830. The minimum absolute atomic E-state index is 0.345. The second-order valence-corrected chi connectivity index (χ2v) is 4.18. The maximum atomic E-state index is 5.90. The highest BCUT2D eigenvalue weighted by atomic mass is 15.3. The van der Waals surface area contributed by atoms with Crippen LogP contribution in [0.25, 0.3) is 0 Å². The first-order chi connectivity index (χ1) is 6.16. The molecule has 0 radical (unpaired) electrons. The van der Waals surface area contributed by atoms with Crippen LogP contribution in [0.5, 0.6) is 0 Å². The molecule has 1 unspecified atom stereocenters. The van der Waals surface area contributed by atoms with Crippen molar-refractivity contribution < 1.29 is 0 Å². The van der Waals surface area contributed by atoms with E-state index >= 15 is 0 Å². The molecule has 0 saturated carbocycles. The third-order valence-corrected chi connectivity index (χ3v) is 2.66. The fourth-order valence-electron chi connectivity index (χ4n) is 1.82. The van der Waals surface area contributed by atoms with E-state index in [2.05, 4.69) is 25.1 Å². The number of fused-ring (bicyclic) bond motifs is 1. The lowest BCUT2D eigenvalue weighted by molar-refractivity contribution is 0.522. The Morgan fingerprint density at radius 3 is 3.08 bits per heavy atom. The molecule has 1 aromatic rings. The lowest BCUT2D eigenvalue weighted by Gasteiger charge is -2.15. The van der Waals surface area contributed by atoms with E-state index in [4.69, 9.17) is 5.73 Å². The SMILES string of the molecule is CC(C)n1cc2c(n1)CCC(N)C2. The monoisotopic (exact) mass is 179 g/mol. The highest BCUT2D eigenvalue weighted by molar-refractivity contribution is 5.21. The maximum absolute atomic E-state index is 5.90. The molecule has 0 bridgehead atoms. The summed E-state index contributed by atoms with van der Waals surface area (Å²) < 4.78 is 2.04. The van der Waals surface area contributed by atoms with Gasteiger partial charge in [0.25, 0.3) is 0 Å². The van der Waals surface area contributed by atoms with Crippen LogP contribution in [0.1, 0.15) is 37.6 Å². The molecule has 1 aromatic heterocycles. The molecule has 3 nitrogen and oxygen atoms in total. The molecule has 1 aliphatic rings. The Kier molecular flexibility index (Phi) is 2.12. The average molecular weight is 179 g/mol. The molecule has 0 aliphatic heterocycles. The minimum Gasteiger partial charge on any atom is -0.327 e. The minimum atomic E-state index is 0.345. The zero-order chi connectivity index (χ0) is 9.42. The zero-order valence-electron chi connectivity index (χ0n) is 8.33. The highest BCUT2D eigenvalue weighted by Crippen LogP contribution is 2.20. The molecule has 0 saturated heterocycles. The third-order valence-electron chi connectivity index (χ3n) is 2.66. The van der Waals surface area contributed by atoms with Crippen molar-refractivity contribution in [1.29, 1.82) is 0 Å². The van der Waals surface area contributed by atoms with Crippen molar-refractivity contribution in [3.8, 4) is 0 Å². The van der Waals surface area contributed by atoms with E-state index in [0.29, 0.717) is 12.1 Å². The molecule has 2 N–H and O–H groups in total. The van der Waals surface area contributed by atoms with Crippen LogP contribution in [0, 0.1) is 0 Å². The van der Waals surface area contributed by atoms with Gasteiger partial charge < -0.3 is 5.73 Å². The number of hydrogen-bond donors (Lipinski definition) is 1. The van der Waals surface area contributed by atoms with Crippen molar-refractivity contribution in [1.82, 2.24) is 9.78 Å². The van der Waals surface area contributed by atoms with Gasteiger partial charge in [0.05, 0.1) is 5.69 Å². The lowest BCUT2D eigenvalue weighted by atomic mass is 9.94. The van der Waals surface area contributed by atoms with Gasteiger partial charge in [-0.15, -0.1) is 0 Å². The molecule has 1 aliphatic carbocycles. The van der Waals surface area contributed by atoms with Crippen LogP contribution in [-0.4, -0.2) is 15.8 Å². The first kappa shape index (κ1) is 8.75. The van der Waals surface area contributed by atoms with Gasteiger partial charge >= 0.3 is 0 Å². The van der Waals surface area contributed by atoms with Crippen LogP contribution in [0.3, 0.4) is 0 Å². The molecule has 1 atom stereocenters. The third kappa shape index (κ3) is 1.61. The first-order valence-corrected chi connectivity index (χ1v) is 4.99. The molecule has 0 amide bonds. The normalized spacial score (nSPS) is 22.0. The molecule has 0 spiro atoms. The number of hydrogen-bond acceptors (Lipinski definition) is 2. The van der Waals surface area contributed by atoms with Gasteiger partial charge in [-0.05, 0) is 38.7 Å². The standard InChI is InChI=1S/C10H17N3/c1-7(2)13-6-8-5-9(11)3-4-10(8)12-13/h6-7,9H,3-5,11H2,1-2H3. The van der Waals surface area contributed by atoms with Crippen molar-refractivity contribution >= 4 is 0 Å². The molecule has 13 heavy (non-hydrogen) atoms. The van der Waals surface area contributed by atoms with E-state index in [1.54, 1.807) is 0 Å². The van der Waals surface area contributed by atoms with Gasteiger partial charge in [0, 0.05) is 18.3 Å². The predicted molar refractivity (Wildman–Crippen MR) is 52.6 cm³/mol. The maximum Gasteiger partial charge on any atom is 0.0657 e. The van der Waals surface area contributed by atoms with E-state index in [1.165, 1.54) is 11.3 Å². The number of aromatic nitrogens is 2. The van der Waals surface area contributed by atoms with Gasteiger partial charge in [0.1, 0.15) is 0 Å². The van der Waals surface area contributed by atoms with Crippen LogP contribution < -0.4 is 5.73 Å². The van der Waals surface area contributed by atoms with Crippen molar-refractivity contribution in [2.24, 2.45) is 5.73 Å². The van der Waals surface area contributed by atoms with Crippen molar-refractivity contribution in [3.63, 3.8) is 0 Å². The first-order valence-electron chi connectivity index (χ1n) is 4.99. The van der Waals surface area contributed by atoms with Gasteiger partial charge in [-0.2, -0.15) is 5.10 Å². The van der Waals surface area contributed by atoms with Crippen LogP contribution >= 0.6 is 0 Å². The summed E-state index contributed by atoms with van der Waals surface area (Å²) in [7, 11) is 0. The van der Waals surface area contributed by atoms with Crippen LogP contribution in [0.2, 0.25) is 0 Å². The molecule has 0 fully saturated rings. The van der Waals surface area contributed by atoms with Gasteiger partial charge in [-0.25, -0.2) is 0 Å². The Morgan fingerprint density at radius 1 is 1.62 bits per heavy atom. The zero-order valence-corrected chi connectivity index (χ0v) is 8.33. The number of rotatable bonds is 1. The summed E-state index contributed by atoms with van der Waals surface area (Å²) in [5, 5.41) is 4.55. The molecule has 3 heteroatoms. The second kappa shape index (κ2) is 3.14. The summed E-state index contributed by atoms with van der Waals surface area (Å²) in [6, 6.07) is 0.805. The molecule has 1 heterocycles. The number of aryl methyl sites for hydroxylation is 1. The van der Waals surface area contributed by atoms with Crippen molar-refractivity contribution in [2.75, 3.05) is 0 Å². The largest absolute Gasteiger partial charge is 0.327 e. The van der Waals surface area contributed by atoms with Crippen molar-refractivity contribution in [3.05, 3.63) is 17.5 Å². The summed E-state index contributed by atoms with van der Waals surface area (Å²) >= 11 is 0. The number of nitrogens with zero attached hydrogens (tertiary/aromatic N) is 2. The van der Waals surface area contributed by atoms with Gasteiger partial charge in [-0.3, -0.25) is 4.68 Å². The smallest absolute Gasteiger partial charge is 0.0657 e. The topological polar surface area (TPSA) is 43.8 Å². The summed E-state index contributed by atoms with van der Waals surface area (Å²) in [6.45, 7) is 4.30. The summed E-state index contributed by atoms with van der Waals surface area (Å²) in [4.78, 5) is 0. The quantitative estimate of drug-likeness (QED) is 0.705. The molecule has 72 valence electrons. The summed E-state index contributed by atoms with van der Waals surface area (Å²) in [5.74, 6) is 0. The lowest BCUT2D eigenvalue weighted by Crippen LogP contribution is -2.27. The molecular formula is C10H17N3. The van der Waals surface area contributed by atoms with Gasteiger partial charge in [0.2, 0.25) is 0 Å². The van der Waals surface area contributed by atoms with Gasteiger partial charge in [-0.1, -0.05) is 0 Å². The van der Waals surface area contributed by atoms with Crippen LogP contribution in [-0.2, 0) is 12.8 Å². The van der Waals surface area contributed by atoms with E-state index in [1.807, 2.05) is 4.68 Å². The van der Waals surface area contributed by atoms with Crippen LogP contribution in [0.15, 0.2) is 6.20 Å². The van der Waals surface area contributed by atoms with Crippen molar-refractivity contribution in [2.45, 2.75) is 45.2 Å². The predicted octanol–water partition coefficient (Wildman–Crippen LogP) is 1.28. The molecule has 0 aromatic carbocycles. The van der Waals surface area contributed by atoms with E-state index < -0.39 is 0 Å². The van der Waals surface area contributed by atoms with Crippen LogP contribution in [0.4, 0.5) is 0 Å². The second-order valence-electron chi connectivity index (χ2n) is 4.18. The molecular weight excluding hydrogens is 162 g/mol. The fourth-order valence-corrected chi connectivity index (χ4v) is 1.82. The average Bonchev–Trinajstić information content (AvgIpc) is 2.46. The summed E-state index contributed by atoms with van der Waals surface area (Å²) in [6.07, 6.45) is 5.29. The fraction of sp³-hybridized carbons (Fsp3) is 0.700. The van der Waals surface area contributed by atoms with Gasteiger partial charge in [0.15, 0.2) is 0 Å². The van der Waals surface area contributed by atoms with E-state index in [-0.39, 0.29) is 0 Å². The Morgan fingerprint density at radius 2 is 2.38 bits per heavy atom. The van der Waals surface area contributed by atoms with E-state index in [0.717, 1.165) is 19.3 Å². The summed E-state index contributed by atoms with van der Waals surface area (Å²) in [5.41, 5.74) is 8.51. The Bertz CT molecular complexity index is 301. The van der Waals surface area contributed by atoms with E-state index in [9.17, 15) is 0 Å². The number of nitrogens with two attached hydrogens (primary N) is 1. The Labute approximate surface area is 78.9 Å².